The fraction of sp³-hybridized carbons (Fsp3) is 0.267. The van der Waals surface area contributed by atoms with Crippen LogP contribution in [-0.2, 0) is 0 Å². The topological polar surface area (TPSA) is 59.3 Å². The molecule has 2 heterocycles. The molecule has 21 heavy (non-hydrogen) atoms. The Hall–Kier alpha value is -2.21. The Morgan fingerprint density at radius 2 is 2.10 bits per heavy atom. The Labute approximate surface area is 126 Å². The molecule has 6 heteroatoms. The molecule has 0 atom stereocenters. The summed E-state index contributed by atoms with van der Waals surface area (Å²) in [5.74, 6) is 0.134. The number of amides is 1. The quantitative estimate of drug-likeness (QED) is 0.805. The van der Waals surface area contributed by atoms with Crippen molar-refractivity contribution in [1.29, 1.82) is 0 Å². The third-order valence-corrected chi connectivity index (χ3v) is 4.05. The Kier molecular flexibility index (Phi) is 3.47. The second-order valence-electron chi connectivity index (χ2n) is 5.17. The highest BCUT2D eigenvalue weighted by atomic mass is 32.1. The van der Waals surface area contributed by atoms with Crippen LogP contribution in [0.5, 0.6) is 0 Å². The van der Waals surface area contributed by atoms with Crippen molar-refractivity contribution < 1.29 is 4.79 Å². The summed E-state index contributed by atoms with van der Waals surface area (Å²) in [6.07, 6.45) is 1.66. The standard InChI is InChI=1S/C15H16N4OS/c1-9(2)11-6-4-5-7-12(11)16-14(20)13-8-19-15(17-13)21-10(3)18-19/h4-9H,1-3H3,(H,16,20). The zero-order valence-corrected chi connectivity index (χ0v) is 12.9. The predicted molar refractivity (Wildman–Crippen MR) is 84.1 cm³/mol. The lowest BCUT2D eigenvalue weighted by Gasteiger charge is -2.12. The lowest BCUT2D eigenvalue weighted by molar-refractivity contribution is 0.102. The number of aryl methyl sites for hydroxylation is 1. The number of carbonyl (C=O) groups is 1. The smallest absolute Gasteiger partial charge is 0.275 e. The van der Waals surface area contributed by atoms with E-state index in [9.17, 15) is 4.79 Å². The van der Waals surface area contributed by atoms with Crippen LogP contribution < -0.4 is 5.32 Å². The molecule has 0 saturated carbocycles. The maximum Gasteiger partial charge on any atom is 0.275 e. The van der Waals surface area contributed by atoms with E-state index in [4.69, 9.17) is 0 Å². The first-order valence-electron chi connectivity index (χ1n) is 6.77. The summed E-state index contributed by atoms with van der Waals surface area (Å²) >= 11 is 1.47. The van der Waals surface area contributed by atoms with Crippen molar-refractivity contribution in [3.05, 3.63) is 46.7 Å². The molecule has 2 aromatic heterocycles. The maximum atomic E-state index is 12.3. The number of para-hydroxylation sites is 1. The first kappa shape index (κ1) is 13.8. The van der Waals surface area contributed by atoms with Crippen LogP contribution in [0.2, 0.25) is 0 Å². The van der Waals surface area contributed by atoms with Gasteiger partial charge < -0.3 is 5.32 Å². The van der Waals surface area contributed by atoms with Crippen molar-refractivity contribution in [3.63, 3.8) is 0 Å². The molecule has 0 aliphatic carbocycles. The molecule has 0 radical (unpaired) electrons. The van der Waals surface area contributed by atoms with Crippen LogP contribution in [0.3, 0.4) is 0 Å². The summed E-state index contributed by atoms with van der Waals surface area (Å²) in [5, 5.41) is 8.12. The van der Waals surface area contributed by atoms with Crippen molar-refractivity contribution in [1.82, 2.24) is 14.6 Å². The van der Waals surface area contributed by atoms with E-state index in [0.29, 0.717) is 11.6 Å². The Balaban J connectivity index is 1.87. The normalized spacial score (nSPS) is 11.2. The van der Waals surface area contributed by atoms with Gasteiger partial charge in [0.2, 0.25) is 4.96 Å². The highest BCUT2D eigenvalue weighted by Gasteiger charge is 2.15. The summed E-state index contributed by atoms with van der Waals surface area (Å²) in [7, 11) is 0. The van der Waals surface area contributed by atoms with Crippen molar-refractivity contribution in [2.75, 3.05) is 5.32 Å². The molecule has 0 fully saturated rings. The minimum Gasteiger partial charge on any atom is -0.320 e. The number of fused-ring (bicyclic) bond motifs is 1. The van der Waals surface area contributed by atoms with Crippen LogP contribution in [0, 0.1) is 6.92 Å². The van der Waals surface area contributed by atoms with E-state index < -0.39 is 0 Å². The molecule has 0 saturated heterocycles. The number of hydrogen-bond donors (Lipinski definition) is 1. The summed E-state index contributed by atoms with van der Waals surface area (Å²) in [5.41, 5.74) is 2.33. The molecule has 0 aliphatic heterocycles. The van der Waals surface area contributed by atoms with E-state index in [0.717, 1.165) is 21.2 Å². The first-order chi connectivity index (χ1) is 10.0. The van der Waals surface area contributed by atoms with Gasteiger partial charge in [-0.3, -0.25) is 4.79 Å². The third-order valence-electron chi connectivity index (χ3n) is 3.21. The predicted octanol–water partition coefficient (Wildman–Crippen LogP) is 3.47. The fourth-order valence-electron chi connectivity index (χ4n) is 2.21. The Bertz CT molecular complexity index is 771. The van der Waals surface area contributed by atoms with Gasteiger partial charge in [0, 0.05) is 5.69 Å². The van der Waals surface area contributed by atoms with Gasteiger partial charge >= 0.3 is 0 Å². The Morgan fingerprint density at radius 1 is 1.33 bits per heavy atom. The molecule has 1 amide bonds. The van der Waals surface area contributed by atoms with Crippen LogP contribution in [-0.4, -0.2) is 20.5 Å². The zero-order valence-electron chi connectivity index (χ0n) is 12.1. The van der Waals surface area contributed by atoms with Crippen LogP contribution in [0.1, 0.15) is 40.8 Å². The Morgan fingerprint density at radius 3 is 2.81 bits per heavy atom. The number of carbonyl (C=O) groups excluding carboxylic acids is 1. The highest BCUT2D eigenvalue weighted by molar-refractivity contribution is 7.16. The van der Waals surface area contributed by atoms with E-state index in [-0.39, 0.29) is 5.91 Å². The molecule has 0 spiro atoms. The van der Waals surface area contributed by atoms with Crippen LogP contribution in [0.15, 0.2) is 30.5 Å². The number of anilines is 1. The molecule has 0 bridgehead atoms. The summed E-state index contributed by atoms with van der Waals surface area (Å²) in [6, 6.07) is 7.83. The van der Waals surface area contributed by atoms with E-state index in [2.05, 4.69) is 29.2 Å². The van der Waals surface area contributed by atoms with Gasteiger partial charge in [-0.25, -0.2) is 9.50 Å². The molecule has 0 aliphatic rings. The number of benzene rings is 1. The highest BCUT2D eigenvalue weighted by Crippen LogP contribution is 2.24. The van der Waals surface area contributed by atoms with Gasteiger partial charge in [-0.05, 0) is 24.5 Å². The number of aromatic nitrogens is 3. The van der Waals surface area contributed by atoms with Gasteiger partial charge in [-0.1, -0.05) is 43.4 Å². The second-order valence-corrected chi connectivity index (χ2v) is 6.33. The van der Waals surface area contributed by atoms with Crippen molar-refractivity contribution >= 4 is 27.9 Å². The maximum absolute atomic E-state index is 12.3. The van der Waals surface area contributed by atoms with Gasteiger partial charge in [0.05, 0.1) is 6.20 Å². The van der Waals surface area contributed by atoms with Gasteiger partial charge in [-0.15, -0.1) is 0 Å². The lowest BCUT2D eigenvalue weighted by Crippen LogP contribution is -2.14. The van der Waals surface area contributed by atoms with E-state index in [1.807, 2.05) is 31.2 Å². The monoisotopic (exact) mass is 300 g/mol. The van der Waals surface area contributed by atoms with E-state index in [1.165, 1.54) is 11.3 Å². The number of nitrogens with one attached hydrogen (secondary N) is 1. The summed E-state index contributed by atoms with van der Waals surface area (Å²) < 4.78 is 1.64. The molecule has 3 aromatic rings. The number of imidazole rings is 1. The molecule has 0 unspecified atom stereocenters. The van der Waals surface area contributed by atoms with E-state index >= 15 is 0 Å². The van der Waals surface area contributed by atoms with Crippen LogP contribution in [0.25, 0.3) is 4.96 Å². The molecular weight excluding hydrogens is 284 g/mol. The lowest BCUT2D eigenvalue weighted by atomic mass is 10.0. The van der Waals surface area contributed by atoms with Crippen LogP contribution >= 0.6 is 11.3 Å². The molecular formula is C15H16N4OS. The molecule has 1 aromatic carbocycles. The van der Waals surface area contributed by atoms with Gasteiger partial charge in [0.25, 0.3) is 5.91 Å². The average molecular weight is 300 g/mol. The molecule has 1 N–H and O–H groups in total. The minimum absolute atomic E-state index is 0.210. The number of hydrogen-bond acceptors (Lipinski definition) is 4. The first-order valence-corrected chi connectivity index (χ1v) is 7.59. The fourth-order valence-corrected chi connectivity index (χ4v) is 2.93. The zero-order chi connectivity index (χ0) is 15.0. The average Bonchev–Trinajstić information content (AvgIpc) is 2.96. The minimum atomic E-state index is -0.210. The molecule has 108 valence electrons. The van der Waals surface area contributed by atoms with Crippen molar-refractivity contribution in [2.45, 2.75) is 26.7 Å². The van der Waals surface area contributed by atoms with Crippen LogP contribution in [0.4, 0.5) is 5.69 Å². The van der Waals surface area contributed by atoms with Crippen molar-refractivity contribution in [3.8, 4) is 0 Å². The van der Waals surface area contributed by atoms with Gasteiger partial charge in [-0.2, -0.15) is 5.10 Å². The van der Waals surface area contributed by atoms with Gasteiger partial charge in [0.15, 0.2) is 0 Å². The number of rotatable bonds is 3. The SMILES string of the molecule is Cc1nn2cc(C(=O)Nc3ccccc3C(C)C)nc2s1. The molecule has 3 rings (SSSR count). The summed E-state index contributed by atoms with van der Waals surface area (Å²) in [4.78, 5) is 17.4. The van der Waals surface area contributed by atoms with Crippen molar-refractivity contribution in [2.24, 2.45) is 0 Å². The molecule has 5 nitrogen and oxygen atoms in total. The van der Waals surface area contributed by atoms with Gasteiger partial charge in [0.1, 0.15) is 10.7 Å². The second kappa shape index (κ2) is 5.29. The number of nitrogens with zero attached hydrogens (tertiary/aromatic N) is 3. The largest absolute Gasteiger partial charge is 0.320 e. The summed E-state index contributed by atoms with van der Waals surface area (Å²) in [6.45, 7) is 6.12. The third kappa shape index (κ3) is 2.67. The van der Waals surface area contributed by atoms with E-state index in [1.54, 1.807) is 10.7 Å².